The van der Waals surface area contributed by atoms with Gasteiger partial charge in [0.25, 0.3) is 0 Å². The number of carbonyl (C=O) groups is 1. The lowest BCUT2D eigenvalue weighted by molar-refractivity contribution is -0.122. The second-order valence-electron chi connectivity index (χ2n) is 5.64. The van der Waals surface area contributed by atoms with Gasteiger partial charge >= 0.3 is 0 Å². The number of aryl methyl sites for hydroxylation is 1. The zero-order valence-corrected chi connectivity index (χ0v) is 12.0. The number of hydrogen-bond acceptors (Lipinski definition) is 3. The maximum absolute atomic E-state index is 13.7. The Morgan fingerprint density at radius 2 is 2.20 bits per heavy atom. The van der Waals surface area contributed by atoms with Crippen LogP contribution in [-0.4, -0.2) is 19.0 Å². The normalized spacial score (nSPS) is 20.8. The first kappa shape index (κ1) is 14.8. The first-order valence-electron chi connectivity index (χ1n) is 7.00. The van der Waals surface area contributed by atoms with E-state index in [-0.39, 0.29) is 23.7 Å². The van der Waals surface area contributed by atoms with Crippen molar-refractivity contribution < 1.29 is 9.18 Å². The number of hydrogen-bond donors (Lipinski definition) is 2. The van der Waals surface area contributed by atoms with Crippen molar-refractivity contribution >= 4 is 11.6 Å². The van der Waals surface area contributed by atoms with E-state index in [4.69, 9.17) is 11.5 Å². The van der Waals surface area contributed by atoms with Gasteiger partial charge in [0.2, 0.25) is 5.91 Å². The summed E-state index contributed by atoms with van der Waals surface area (Å²) in [5.74, 6) is -0.657. The predicted octanol–water partition coefficient (Wildman–Crippen LogP) is 1.86. The number of primary amides is 1. The summed E-state index contributed by atoms with van der Waals surface area (Å²) in [4.78, 5) is 13.5. The van der Waals surface area contributed by atoms with Gasteiger partial charge in [0.1, 0.15) is 5.82 Å². The molecule has 0 aliphatic carbocycles. The van der Waals surface area contributed by atoms with E-state index in [9.17, 15) is 9.18 Å². The summed E-state index contributed by atoms with van der Waals surface area (Å²) in [6, 6.07) is 3.06. The van der Waals surface area contributed by atoms with Crippen molar-refractivity contribution in [2.24, 2.45) is 17.4 Å². The number of nitrogens with zero attached hydrogens (tertiary/aromatic N) is 1. The third kappa shape index (κ3) is 2.93. The lowest BCUT2D eigenvalue weighted by atomic mass is 9.95. The van der Waals surface area contributed by atoms with Gasteiger partial charge in [-0.05, 0) is 49.9 Å². The molecule has 4 nitrogen and oxygen atoms in total. The van der Waals surface area contributed by atoms with Crippen LogP contribution >= 0.6 is 0 Å². The lowest BCUT2D eigenvalue weighted by Crippen LogP contribution is -2.41. The summed E-state index contributed by atoms with van der Waals surface area (Å²) in [6.45, 7) is 5.00. The standard InChI is InChI=1S/C15H22FN3O/c1-9-6-14(12(10(2)17)7-13(9)16)19-5-3-4-11(8-19)15(18)20/h6-7,10-11H,3-5,8,17H2,1-2H3,(H2,18,20)/t10-,11?/m0/s1. The highest BCUT2D eigenvalue weighted by Gasteiger charge is 2.26. The number of anilines is 1. The largest absolute Gasteiger partial charge is 0.370 e. The van der Waals surface area contributed by atoms with Crippen LogP contribution in [0.4, 0.5) is 10.1 Å². The zero-order chi connectivity index (χ0) is 14.9. The van der Waals surface area contributed by atoms with Crippen molar-refractivity contribution in [3.05, 3.63) is 29.1 Å². The molecule has 1 unspecified atom stereocenters. The van der Waals surface area contributed by atoms with Crippen molar-refractivity contribution in [3.8, 4) is 0 Å². The van der Waals surface area contributed by atoms with Crippen LogP contribution in [-0.2, 0) is 4.79 Å². The molecule has 0 bridgehead atoms. The summed E-state index contributed by atoms with van der Waals surface area (Å²) < 4.78 is 13.7. The second-order valence-corrected chi connectivity index (χ2v) is 5.64. The number of rotatable bonds is 3. The topological polar surface area (TPSA) is 72.3 Å². The average molecular weight is 279 g/mol. The molecule has 20 heavy (non-hydrogen) atoms. The van der Waals surface area contributed by atoms with Gasteiger partial charge in [0.05, 0.1) is 5.92 Å². The highest BCUT2D eigenvalue weighted by atomic mass is 19.1. The van der Waals surface area contributed by atoms with Crippen LogP contribution in [0.15, 0.2) is 12.1 Å². The maximum atomic E-state index is 13.7. The fraction of sp³-hybridized carbons (Fsp3) is 0.533. The number of piperidine rings is 1. The first-order chi connectivity index (χ1) is 9.40. The molecule has 1 fully saturated rings. The van der Waals surface area contributed by atoms with Crippen LogP contribution in [0, 0.1) is 18.7 Å². The van der Waals surface area contributed by atoms with E-state index in [1.54, 1.807) is 6.92 Å². The van der Waals surface area contributed by atoms with Crippen molar-refractivity contribution in [2.75, 3.05) is 18.0 Å². The average Bonchev–Trinajstić information content (AvgIpc) is 2.41. The first-order valence-corrected chi connectivity index (χ1v) is 7.00. The minimum absolute atomic E-state index is 0.143. The molecule has 0 spiro atoms. The molecule has 2 atom stereocenters. The van der Waals surface area contributed by atoms with Crippen molar-refractivity contribution in [3.63, 3.8) is 0 Å². The molecule has 0 saturated carbocycles. The molecule has 1 heterocycles. The minimum Gasteiger partial charge on any atom is -0.370 e. The van der Waals surface area contributed by atoms with Crippen LogP contribution in [0.25, 0.3) is 0 Å². The Morgan fingerprint density at radius 1 is 1.50 bits per heavy atom. The molecule has 0 radical (unpaired) electrons. The van der Waals surface area contributed by atoms with Gasteiger partial charge in [-0.3, -0.25) is 4.79 Å². The SMILES string of the molecule is Cc1cc(N2CCCC(C(N)=O)C2)c([C@H](C)N)cc1F. The molecule has 1 amide bonds. The van der Waals surface area contributed by atoms with E-state index in [1.807, 2.05) is 13.0 Å². The van der Waals surface area contributed by atoms with Gasteiger partial charge in [-0.1, -0.05) is 0 Å². The molecule has 1 aromatic rings. The van der Waals surface area contributed by atoms with Gasteiger partial charge in [0.15, 0.2) is 0 Å². The number of benzene rings is 1. The molecule has 0 aromatic heterocycles. The molecule has 2 rings (SSSR count). The monoisotopic (exact) mass is 279 g/mol. The predicted molar refractivity (Wildman–Crippen MR) is 77.9 cm³/mol. The molecule has 1 saturated heterocycles. The van der Waals surface area contributed by atoms with Crippen LogP contribution in [0.3, 0.4) is 0 Å². The van der Waals surface area contributed by atoms with Crippen LogP contribution in [0.1, 0.15) is 36.9 Å². The van der Waals surface area contributed by atoms with Gasteiger partial charge in [-0.2, -0.15) is 0 Å². The van der Waals surface area contributed by atoms with Gasteiger partial charge in [-0.15, -0.1) is 0 Å². The van der Waals surface area contributed by atoms with E-state index in [1.165, 1.54) is 6.07 Å². The summed E-state index contributed by atoms with van der Waals surface area (Å²) in [6.07, 6.45) is 1.72. The quantitative estimate of drug-likeness (QED) is 0.887. The van der Waals surface area contributed by atoms with Crippen molar-refractivity contribution in [1.29, 1.82) is 0 Å². The Morgan fingerprint density at radius 3 is 2.80 bits per heavy atom. The molecular weight excluding hydrogens is 257 g/mol. The van der Waals surface area contributed by atoms with E-state index in [0.29, 0.717) is 12.1 Å². The number of nitrogens with two attached hydrogens (primary N) is 2. The summed E-state index contributed by atoms with van der Waals surface area (Å²) in [7, 11) is 0. The lowest BCUT2D eigenvalue weighted by Gasteiger charge is -2.35. The Bertz CT molecular complexity index is 516. The summed E-state index contributed by atoms with van der Waals surface area (Å²) >= 11 is 0. The third-order valence-corrected chi connectivity index (χ3v) is 3.96. The van der Waals surface area contributed by atoms with Gasteiger partial charge in [-0.25, -0.2) is 4.39 Å². The molecule has 4 N–H and O–H groups in total. The summed E-state index contributed by atoms with van der Waals surface area (Å²) in [5, 5.41) is 0. The molecular formula is C15H22FN3O. The van der Waals surface area contributed by atoms with E-state index in [0.717, 1.165) is 30.6 Å². The highest BCUT2D eigenvalue weighted by molar-refractivity contribution is 5.77. The molecule has 110 valence electrons. The Kier molecular flexibility index (Phi) is 4.28. The fourth-order valence-electron chi connectivity index (χ4n) is 2.75. The molecule has 5 heteroatoms. The van der Waals surface area contributed by atoms with Crippen molar-refractivity contribution in [2.45, 2.75) is 32.7 Å². The van der Waals surface area contributed by atoms with Crippen molar-refractivity contribution in [1.82, 2.24) is 0 Å². The third-order valence-electron chi connectivity index (χ3n) is 3.96. The number of carbonyl (C=O) groups excluding carboxylic acids is 1. The number of halogens is 1. The molecule has 1 aromatic carbocycles. The second kappa shape index (κ2) is 5.79. The fourth-order valence-corrected chi connectivity index (χ4v) is 2.75. The Labute approximate surface area is 118 Å². The zero-order valence-electron chi connectivity index (χ0n) is 12.0. The molecule has 1 aliphatic heterocycles. The van der Waals surface area contributed by atoms with Crippen LogP contribution in [0.2, 0.25) is 0 Å². The maximum Gasteiger partial charge on any atom is 0.222 e. The van der Waals surface area contributed by atoms with E-state index >= 15 is 0 Å². The molecule has 1 aliphatic rings. The smallest absolute Gasteiger partial charge is 0.222 e. The minimum atomic E-state index is -0.268. The summed E-state index contributed by atoms with van der Waals surface area (Å²) in [5.41, 5.74) is 13.6. The van der Waals surface area contributed by atoms with Crippen LogP contribution in [0.5, 0.6) is 0 Å². The van der Waals surface area contributed by atoms with Gasteiger partial charge in [0, 0.05) is 24.8 Å². The van der Waals surface area contributed by atoms with Gasteiger partial charge < -0.3 is 16.4 Å². The van der Waals surface area contributed by atoms with E-state index in [2.05, 4.69) is 4.90 Å². The van der Waals surface area contributed by atoms with E-state index < -0.39 is 0 Å². The number of amides is 1. The highest BCUT2D eigenvalue weighted by Crippen LogP contribution is 2.31. The van der Waals surface area contributed by atoms with Crippen LogP contribution < -0.4 is 16.4 Å². The Balaban J connectivity index is 2.36. The Hall–Kier alpha value is -1.62.